The van der Waals surface area contributed by atoms with Gasteiger partial charge in [-0.05, 0) is 24.6 Å². The van der Waals surface area contributed by atoms with Crippen molar-refractivity contribution in [1.82, 2.24) is 9.97 Å². The highest BCUT2D eigenvalue weighted by molar-refractivity contribution is 7.99. The molecule has 0 unspecified atom stereocenters. The summed E-state index contributed by atoms with van der Waals surface area (Å²) < 4.78 is 0. The zero-order valence-corrected chi connectivity index (χ0v) is 11.8. The Morgan fingerprint density at radius 1 is 1.00 bits per heavy atom. The van der Waals surface area contributed by atoms with Gasteiger partial charge >= 0.3 is 0 Å². The number of hydrogen-bond donors (Lipinski definition) is 2. The van der Waals surface area contributed by atoms with Crippen LogP contribution in [0.2, 0.25) is 0 Å². The summed E-state index contributed by atoms with van der Waals surface area (Å²) in [5.41, 5.74) is 4.63. The molecular formula is C15H14N4S. The van der Waals surface area contributed by atoms with Crippen LogP contribution in [0.1, 0.15) is 5.56 Å². The maximum atomic E-state index is 5.45. The van der Waals surface area contributed by atoms with Gasteiger partial charge in [0, 0.05) is 10.3 Å². The Labute approximate surface area is 121 Å². The van der Waals surface area contributed by atoms with E-state index in [2.05, 4.69) is 34.5 Å². The molecule has 3 rings (SSSR count). The maximum absolute atomic E-state index is 5.45. The van der Waals surface area contributed by atoms with E-state index in [4.69, 9.17) is 5.84 Å². The third-order valence-electron chi connectivity index (χ3n) is 3.00. The second-order valence-electron chi connectivity index (χ2n) is 4.38. The molecule has 0 atom stereocenters. The molecule has 0 saturated heterocycles. The smallest absolute Gasteiger partial charge is 0.238 e. The molecule has 1 heterocycles. The minimum Gasteiger partial charge on any atom is -0.292 e. The SMILES string of the molecule is Cc1ccccc1Sc1nc(NN)nc2ccccc12. The number of nitrogens with zero attached hydrogens (tertiary/aromatic N) is 2. The lowest BCUT2D eigenvalue weighted by Crippen LogP contribution is -2.10. The average Bonchev–Trinajstić information content (AvgIpc) is 2.49. The molecule has 3 aromatic rings. The third kappa shape index (κ3) is 2.45. The molecule has 0 fully saturated rings. The van der Waals surface area contributed by atoms with Gasteiger partial charge in [-0.15, -0.1) is 0 Å². The minimum atomic E-state index is 0.430. The molecule has 0 aliphatic carbocycles. The standard InChI is InChI=1S/C15H14N4S/c1-10-6-2-5-9-13(10)20-14-11-7-3-4-8-12(11)17-15(18-14)19-16/h2-9H,16H2,1H3,(H,17,18,19). The van der Waals surface area contributed by atoms with E-state index in [9.17, 15) is 0 Å². The monoisotopic (exact) mass is 282 g/mol. The fourth-order valence-electron chi connectivity index (χ4n) is 1.96. The van der Waals surface area contributed by atoms with Gasteiger partial charge in [0.25, 0.3) is 0 Å². The summed E-state index contributed by atoms with van der Waals surface area (Å²) in [4.78, 5) is 10.0. The Morgan fingerprint density at radius 2 is 1.75 bits per heavy atom. The van der Waals surface area contributed by atoms with E-state index in [0.717, 1.165) is 15.9 Å². The first-order valence-electron chi connectivity index (χ1n) is 6.25. The zero-order valence-electron chi connectivity index (χ0n) is 11.0. The van der Waals surface area contributed by atoms with Gasteiger partial charge in [-0.2, -0.15) is 0 Å². The summed E-state index contributed by atoms with van der Waals surface area (Å²) in [6.45, 7) is 2.09. The molecule has 4 nitrogen and oxygen atoms in total. The molecule has 5 heteroatoms. The van der Waals surface area contributed by atoms with Gasteiger partial charge in [-0.1, -0.05) is 48.2 Å². The Kier molecular flexibility index (Phi) is 3.54. The lowest BCUT2D eigenvalue weighted by molar-refractivity contribution is 1.07. The van der Waals surface area contributed by atoms with Crippen molar-refractivity contribution in [3.63, 3.8) is 0 Å². The van der Waals surface area contributed by atoms with Crippen LogP contribution in [0.4, 0.5) is 5.95 Å². The Morgan fingerprint density at radius 3 is 2.55 bits per heavy atom. The second-order valence-corrected chi connectivity index (χ2v) is 5.41. The average molecular weight is 282 g/mol. The molecule has 2 aromatic carbocycles. The van der Waals surface area contributed by atoms with Crippen LogP contribution in [-0.2, 0) is 0 Å². The van der Waals surface area contributed by atoms with E-state index in [1.54, 1.807) is 11.8 Å². The quantitative estimate of drug-likeness (QED) is 0.438. The third-order valence-corrected chi connectivity index (χ3v) is 4.18. The molecule has 100 valence electrons. The van der Waals surface area contributed by atoms with Crippen molar-refractivity contribution in [2.45, 2.75) is 16.8 Å². The molecule has 0 saturated carbocycles. The lowest BCUT2D eigenvalue weighted by atomic mass is 10.2. The predicted molar refractivity (Wildman–Crippen MR) is 82.7 cm³/mol. The molecule has 20 heavy (non-hydrogen) atoms. The van der Waals surface area contributed by atoms with Crippen molar-refractivity contribution in [2.24, 2.45) is 5.84 Å². The molecule has 0 amide bonds. The molecule has 0 radical (unpaired) electrons. The van der Waals surface area contributed by atoms with Crippen molar-refractivity contribution in [3.05, 3.63) is 54.1 Å². The van der Waals surface area contributed by atoms with Gasteiger partial charge < -0.3 is 0 Å². The Hall–Kier alpha value is -2.11. The van der Waals surface area contributed by atoms with Crippen molar-refractivity contribution >= 4 is 28.6 Å². The highest BCUT2D eigenvalue weighted by Gasteiger charge is 2.09. The Bertz CT molecular complexity index is 758. The van der Waals surface area contributed by atoms with Crippen LogP contribution in [-0.4, -0.2) is 9.97 Å². The van der Waals surface area contributed by atoms with Gasteiger partial charge in [0.1, 0.15) is 5.03 Å². The molecule has 0 bridgehead atoms. The molecule has 3 N–H and O–H groups in total. The second kappa shape index (κ2) is 5.48. The highest BCUT2D eigenvalue weighted by atomic mass is 32.2. The number of anilines is 1. The highest BCUT2D eigenvalue weighted by Crippen LogP contribution is 2.33. The summed E-state index contributed by atoms with van der Waals surface area (Å²) in [5, 5.41) is 1.93. The number of para-hydroxylation sites is 1. The number of aromatic nitrogens is 2. The number of aryl methyl sites for hydroxylation is 1. The van der Waals surface area contributed by atoms with E-state index < -0.39 is 0 Å². The minimum absolute atomic E-state index is 0.430. The van der Waals surface area contributed by atoms with Crippen LogP contribution in [0.5, 0.6) is 0 Å². The first kappa shape index (κ1) is 12.9. The number of hydrazine groups is 1. The van der Waals surface area contributed by atoms with Gasteiger partial charge in [0.05, 0.1) is 5.52 Å². The van der Waals surface area contributed by atoms with E-state index in [1.165, 1.54) is 10.5 Å². The Balaban J connectivity index is 2.13. The summed E-state index contributed by atoms with van der Waals surface area (Å²) >= 11 is 1.63. The predicted octanol–water partition coefficient (Wildman–Crippen LogP) is 3.38. The van der Waals surface area contributed by atoms with E-state index in [0.29, 0.717) is 5.95 Å². The van der Waals surface area contributed by atoms with Gasteiger partial charge in [0.2, 0.25) is 5.95 Å². The first-order valence-corrected chi connectivity index (χ1v) is 7.06. The van der Waals surface area contributed by atoms with Crippen LogP contribution in [0.15, 0.2) is 58.5 Å². The first-order chi connectivity index (χ1) is 9.78. The molecule has 0 aliphatic heterocycles. The van der Waals surface area contributed by atoms with Crippen molar-refractivity contribution < 1.29 is 0 Å². The fraction of sp³-hybridized carbons (Fsp3) is 0.0667. The van der Waals surface area contributed by atoms with Crippen molar-refractivity contribution in [3.8, 4) is 0 Å². The number of benzene rings is 2. The van der Waals surface area contributed by atoms with Crippen LogP contribution in [0.25, 0.3) is 10.9 Å². The molecular weight excluding hydrogens is 268 g/mol. The lowest BCUT2D eigenvalue weighted by Gasteiger charge is -2.09. The summed E-state index contributed by atoms with van der Waals surface area (Å²) in [6, 6.07) is 16.2. The van der Waals surface area contributed by atoms with Gasteiger partial charge in [-0.25, -0.2) is 15.8 Å². The van der Waals surface area contributed by atoms with Crippen molar-refractivity contribution in [2.75, 3.05) is 5.43 Å². The van der Waals surface area contributed by atoms with E-state index >= 15 is 0 Å². The zero-order chi connectivity index (χ0) is 13.9. The number of nitrogens with one attached hydrogen (secondary N) is 1. The van der Waals surface area contributed by atoms with Crippen LogP contribution in [0.3, 0.4) is 0 Å². The maximum Gasteiger partial charge on any atom is 0.238 e. The fourth-order valence-corrected chi connectivity index (χ4v) is 2.96. The number of fused-ring (bicyclic) bond motifs is 1. The number of hydrogen-bond acceptors (Lipinski definition) is 5. The molecule has 1 aromatic heterocycles. The normalized spacial score (nSPS) is 10.7. The van der Waals surface area contributed by atoms with Gasteiger partial charge in [0.15, 0.2) is 0 Å². The topological polar surface area (TPSA) is 63.8 Å². The van der Waals surface area contributed by atoms with Crippen LogP contribution in [0, 0.1) is 6.92 Å². The summed E-state index contributed by atoms with van der Waals surface area (Å²) in [7, 11) is 0. The summed E-state index contributed by atoms with van der Waals surface area (Å²) in [5.74, 6) is 5.88. The summed E-state index contributed by atoms with van der Waals surface area (Å²) in [6.07, 6.45) is 0. The number of nitrogen functional groups attached to an aromatic ring is 1. The van der Waals surface area contributed by atoms with Crippen molar-refractivity contribution in [1.29, 1.82) is 0 Å². The molecule has 0 spiro atoms. The number of nitrogens with two attached hydrogens (primary N) is 1. The van der Waals surface area contributed by atoms with Crippen LogP contribution < -0.4 is 11.3 Å². The van der Waals surface area contributed by atoms with E-state index in [1.807, 2.05) is 36.4 Å². The number of rotatable bonds is 3. The van der Waals surface area contributed by atoms with Gasteiger partial charge in [-0.3, -0.25) is 5.43 Å². The largest absolute Gasteiger partial charge is 0.292 e. The van der Waals surface area contributed by atoms with Crippen LogP contribution >= 0.6 is 11.8 Å². The molecule has 0 aliphatic rings. The van der Waals surface area contributed by atoms with E-state index in [-0.39, 0.29) is 0 Å².